The Balaban J connectivity index is 1.50. The minimum atomic E-state index is -1.82. The number of fused-ring (bicyclic) bond motifs is 5. The second-order valence-corrected chi connectivity index (χ2v) is 14.4. The zero-order valence-electron chi connectivity index (χ0n) is 25.4. The lowest BCUT2D eigenvalue weighted by Crippen LogP contribution is -2.69. The fourth-order valence-corrected chi connectivity index (χ4v) is 8.99. The minimum Gasteiger partial charge on any atom is -0.490 e. The van der Waals surface area contributed by atoms with E-state index in [4.69, 9.17) is 24.7 Å². The van der Waals surface area contributed by atoms with Crippen molar-refractivity contribution in [1.29, 1.82) is 0 Å². The highest BCUT2D eigenvalue weighted by Crippen LogP contribution is 2.74. The van der Waals surface area contributed by atoms with E-state index < -0.39 is 46.6 Å². The third-order valence-corrected chi connectivity index (χ3v) is 10.9. The second kappa shape index (κ2) is 8.89. The van der Waals surface area contributed by atoms with Crippen LogP contribution in [0, 0.1) is 28.6 Å². The number of ether oxygens (including phenoxy) is 4. The van der Waals surface area contributed by atoms with Crippen LogP contribution in [0.4, 0.5) is 0 Å². The predicted octanol–water partition coefficient (Wildman–Crippen LogP) is 4.14. The molecular formula is C33H45NO7. The molecule has 2 bridgehead atoms. The molecule has 0 aromatic heterocycles. The van der Waals surface area contributed by atoms with Crippen molar-refractivity contribution in [1.82, 2.24) is 0 Å². The molecule has 1 saturated heterocycles. The van der Waals surface area contributed by atoms with Gasteiger partial charge in [0.05, 0.1) is 24.2 Å². The van der Waals surface area contributed by atoms with Gasteiger partial charge in [0.2, 0.25) is 0 Å². The lowest BCUT2D eigenvalue weighted by molar-refractivity contribution is -0.312. The summed E-state index contributed by atoms with van der Waals surface area (Å²) in [6, 6.07) is 6.95. The lowest BCUT2D eigenvalue weighted by Gasteiger charge is -2.55. The maximum absolute atomic E-state index is 13.8. The van der Waals surface area contributed by atoms with E-state index in [1.165, 1.54) is 0 Å². The Morgan fingerprint density at radius 3 is 2.54 bits per heavy atom. The van der Waals surface area contributed by atoms with Crippen LogP contribution in [0.25, 0.3) is 0 Å². The fraction of sp³-hybridized carbons (Fsp3) is 0.667. The highest BCUT2D eigenvalue weighted by molar-refractivity contribution is 5.93. The summed E-state index contributed by atoms with van der Waals surface area (Å²) in [6.07, 6.45) is 1.50. The van der Waals surface area contributed by atoms with Gasteiger partial charge in [0, 0.05) is 11.5 Å². The van der Waals surface area contributed by atoms with Gasteiger partial charge in [-0.3, -0.25) is 0 Å². The molecule has 1 spiro atoms. The predicted molar refractivity (Wildman–Crippen MR) is 153 cm³/mol. The summed E-state index contributed by atoms with van der Waals surface area (Å²) in [5, 5.41) is 25.7. The quantitative estimate of drug-likeness (QED) is 0.367. The molecule has 1 heterocycles. The van der Waals surface area contributed by atoms with Crippen LogP contribution >= 0.6 is 0 Å². The van der Waals surface area contributed by atoms with Crippen molar-refractivity contribution < 1.29 is 34.0 Å². The van der Waals surface area contributed by atoms with Crippen molar-refractivity contribution in [2.24, 2.45) is 34.3 Å². The van der Waals surface area contributed by atoms with Crippen molar-refractivity contribution in [3.8, 4) is 5.75 Å². The number of carbonyl (C=O) groups is 1. The summed E-state index contributed by atoms with van der Waals surface area (Å²) in [5.74, 6) is -1.78. The normalized spacial score (nSPS) is 43.4. The van der Waals surface area contributed by atoms with E-state index in [2.05, 4.69) is 13.8 Å². The van der Waals surface area contributed by atoms with Crippen molar-refractivity contribution in [2.45, 2.75) is 103 Å². The standard InChI is InChI=1S/C33H45NO7/c1-17(2)39-23-12-10-9-11-21(23)28(36)40-26-18(3)14-31-19(4)15-32(34)24(29(32,5)6)22(25(31)35)13-20-16-38-30(7,8)41-27(20)33(26,31)37/h9-14,17,19,22,24-27,35,37H,15-16,34H2,1-8H3/t19-,22+,24-,25?,26+,27?,31?,32+,33?/m1/s1. The molecule has 4 unspecified atom stereocenters. The summed E-state index contributed by atoms with van der Waals surface area (Å²) in [6.45, 7) is 15.9. The Morgan fingerprint density at radius 1 is 1.17 bits per heavy atom. The molecule has 9 atom stereocenters. The summed E-state index contributed by atoms with van der Waals surface area (Å²) in [4.78, 5) is 13.8. The van der Waals surface area contributed by atoms with E-state index in [0.717, 1.165) is 5.57 Å². The van der Waals surface area contributed by atoms with Gasteiger partial charge in [0.25, 0.3) is 0 Å². The Labute approximate surface area is 242 Å². The smallest absolute Gasteiger partial charge is 0.342 e. The molecule has 1 aromatic rings. The highest BCUT2D eigenvalue weighted by Gasteiger charge is 2.80. The second-order valence-electron chi connectivity index (χ2n) is 14.4. The molecule has 224 valence electrons. The zero-order chi connectivity index (χ0) is 29.9. The molecule has 8 heteroatoms. The molecule has 0 radical (unpaired) electrons. The molecule has 3 fully saturated rings. The van der Waals surface area contributed by atoms with Crippen molar-refractivity contribution in [3.05, 3.63) is 53.1 Å². The van der Waals surface area contributed by atoms with Crippen LogP contribution in [0.3, 0.4) is 0 Å². The van der Waals surface area contributed by atoms with Crippen LogP contribution in [-0.4, -0.2) is 64.1 Å². The molecule has 1 aliphatic heterocycles. The summed E-state index contributed by atoms with van der Waals surface area (Å²) in [7, 11) is 0. The lowest BCUT2D eigenvalue weighted by atomic mass is 9.58. The van der Waals surface area contributed by atoms with E-state index in [1.807, 2.05) is 53.7 Å². The van der Waals surface area contributed by atoms with Gasteiger partial charge in [-0.05, 0) is 81.6 Å². The number of esters is 1. The molecular weight excluding hydrogens is 522 g/mol. The monoisotopic (exact) mass is 567 g/mol. The first-order valence-electron chi connectivity index (χ1n) is 14.9. The van der Waals surface area contributed by atoms with Crippen molar-refractivity contribution in [3.63, 3.8) is 0 Å². The SMILES string of the molecule is CC1=CC23C(O)[C@@H](C=C4COC(C)(C)OC4C2(O)[C@H]1OC(=O)c1ccccc1OC(C)C)[C@@H]1C(C)(C)[C@]1(N)C[C@H]3C. The molecule has 4 aliphatic carbocycles. The van der Waals surface area contributed by atoms with Gasteiger partial charge in [0.15, 0.2) is 11.9 Å². The van der Waals surface area contributed by atoms with Crippen LogP contribution < -0.4 is 10.5 Å². The number of rotatable bonds is 4. The number of nitrogens with two attached hydrogens (primary N) is 1. The molecule has 6 rings (SSSR count). The fourth-order valence-electron chi connectivity index (χ4n) is 8.99. The first-order valence-corrected chi connectivity index (χ1v) is 14.9. The van der Waals surface area contributed by atoms with E-state index in [-0.39, 0.29) is 41.4 Å². The molecule has 8 nitrogen and oxygen atoms in total. The average Bonchev–Trinajstić information content (AvgIpc) is 3.25. The third kappa shape index (κ3) is 3.73. The Bertz CT molecular complexity index is 1330. The van der Waals surface area contributed by atoms with Gasteiger partial charge >= 0.3 is 5.97 Å². The number of aliphatic hydroxyl groups excluding tert-OH is 1. The van der Waals surface area contributed by atoms with E-state index in [9.17, 15) is 15.0 Å². The van der Waals surface area contributed by atoms with Crippen LogP contribution in [0.2, 0.25) is 0 Å². The van der Waals surface area contributed by atoms with Gasteiger partial charge in [-0.1, -0.05) is 45.1 Å². The molecule has 0 amide bonds. The average molecular weight is 568 g/mol. The van der Waals surface area contributed by atoms with Crippen LogP contribution in [-0.2, 0) is 14.2 Å². The number of hydrogen-bond donors (Lipinski definition) is 3. The van der Waals surface area contributed by atoms with Crippen molar-refractivity contribution >= 4 is 5.97 Å². The molecule has 5 aliphatic rings. The highest BCUT2D eigenvalue weighted by atomic mass is 16.7. The maximum Gasteiger partial charge on any atom is 0.342 e. The van der Waals surface area contributed by atoms with E-state index >= 15 is 0 Å². The third-order valence-electron chi connectivity index (χ3n) is 10.9. The Morgan fingerprint density at radius 2 is 1.85 bits per heavy atom. The van der Waals surface area contributed by atoms with Gasteiger partial charge < -0.3 is 34.9 Å². The largest absolute Gasteiger partial charge is 0.490 e. The van der Waals surface area contributed by atoms with Crippen molar-refractivity contribution in [2.75, 3.05) is 6.61 Å². The van der Waals surface area contributed by atoms with Crippen LogP contribution in [0.5, 0.6) is 5.75 Å². The molecule has 1 aromatic carbocycles. The van der Waals surface area contributed by atoms with E-state index in [1.54, 1.807) is 24.3 Å². The zero-order valence-corrected chi connectivity index (χ0v) is 25.4. The van der Waals surface area contributed by atoms with Crippen LogP contribution in [0.1, 0.15) is 72.2 Å². The summed E-state index contributed by atoms with van der Waals surface area (Å²) >= 11 is 0. The number of aliphatic hydroxyl groups is 2. The Kier molecular flexibility index (Phi) is 6.26. The van der Waals surface area contributed by atoms with Gasteiger partial charge in [-0.25, -0.2) is 4.79 Å². The summed E-state index contributed by atoms with van der Waals surface area (Å²) < 4.78 is 24.8. The molecule has 41 heavy (non-hydrogen) atoms. The Hall–Kier alpha value is -2.23. The molecule has 4 N–H and O–H groups in total. The first-order chi connectivity index (χ1) is 19.0. The van der Waals surface area contributed by atoms with Gasteiger partial charge in [-0.2, -0.15) is 0 Å². The van der Waals surface area contributed by atoms with E-state index in [0.29, 0.717) is 17.7 Å². The molecule has 2 saturated carbocycles. The maximum atomic E-state index is 13.8. The number of hydrogen-bond acceptors (Lipinski definition) is 8. The minimum absolute atomic E-state index is 0.00706. The van der Waals surface area contributed by atoms with Crippen LogP contribution in [0.15, 0.2) is 47.6 Å². The van der Waals surface area contributed by atoms with Gasteiger partial charge in [0.1, 0.15) is 23.0 Å². The first kappa shape index (κ1) is 28.9. The van der Waals surface area contributed by atoms with Gasteiger partial charge in [-0.15, -0.1) is 0 Å². The number of benzene rings is 1. The topological polar surface area (TPSA) is 120 Å². The number of para-hydroxylation sites is 1. The number of carbonyl (C=O) groups excluding carboxylic acids is 1. The summed E-state index contributed by atoms with van der Waals surface area (Å²) in [5.41, 5.74) is 5.07.